The maximum Gasteiger partial charge on any atom is 0.265 e. The molecule has 0 unspecified atom stereocenters. The maximum absolute atomic E-state index is 13.0. The number of nitrogens with one attached hydrogen (secondary N) is 1. The summed E-state index contributed by atoms with van der Waals surface area (Å²) in [5.74, 6) is 0.986. The van der Waals surface area contributed by atoms with Gasteiger partial charge in [-0.15, -0.1) is 0 Å². The van der Waals surface area contributed by atoms with Crippen molar-refractivity contribution in [2.75, 3.05) is 18.1 Å². The van der Waals surface area contributed by atoms with Crippen LogP contribution in [0.5, 0.6) is 5.75 Å². The molecule has 3 aromatic carbocycles. The molecule has 0 radical (unpaired) electrons. The Kier molecular flexibility index (Phi) is 5.34. The van der Waals surface area contributed by atoms with Crippen molar-refractivity contribution >= 4 is 28.5 Å². The van der Waals surface area contributed by atoms with E-state index in [0.29, 0.717) is 17.2 Å². The molecule has 1 aliphatic rings. The van der Waals surface area contributed by atoms with Crippen LogP contribution >= 0.6 is 0 Å². The average Bonchev–Trinajstić information content (AvgIpc) is 3.26. The SMILES string of the molecule is O=C(CCN1C(=O)COc2ccccc21)N[C@@H](c1ccccc1)c1cc2ccccc2o1. The molecule has 0 fully saturated rings. The maximum atomic E-state index is 13.0. The third-order valence-electron chi connectivity index (χ3n) is 5.54. The van der Waals surface area contributed by atoms with Crippen molar-refractivity contribution < 1.29 is 18.7 Å². The molecule has 6 heteroatoms. The van der Waals surface area contributed by atoms with Crippen molar-refractivity contribution in [2.24, 2.45) is 0 Å². The van der Waals surface area contributed by atoms with E-state index < -0.39 is 6.04 Å². The van der Waals surface area contributed by atoms with Gasteiger partial charge in [-0.05, 0) is 29.8 Å². The van der Waals surface area contributed by atoms with Crippen LogP contribution in [0.25, 0.3) is 11.0 Å². The summed E-state index contributed by atoms with van der Waals surface area (Å²) in [4.78, 5) is 27.0. The zero-order valence-electron chi connectivity index (χ0n) is 17.4. The summed E-state index contributed by atoms with van der Waals surface area (Å²) in [6.45, 7) is 0.247. The lowest BCUT2D eigenvalue weighted by molar-refractivity contribution is -0.122. The molecule has 1 aliphatic heterocycles. The van der Waals surface area contributed by atoms with Crippen LogP contribution in [0, 0.1) is 0 Å². The first-order valence-electron chi connectivity index (χ1n) is 10.5. The fourth-order valence-electron chi connectivity index (χ4n) is 3.95. The monoisotopic (exact) mass is 426 g/mol. The van der Waals surface area contributed by atoms with Gasteiger partial charge in [0.1, 0.15) is 23.1 Å². The Balaban J connectivity index is 1.35. The number of carbonyl (C=O) groups excluding carboxylic acids is 2. The van der Waals surface area contributed by atoms with Crippen molar-refractivity contribution in [3.05, 3.63) is 96.3 Å². The van der Waals surface area contributed by atoms with Gasteiger partial charge in [0.15, 0.2) is 6.61 Å². The summed E-state index contributed by atoms with van der Waals surface area (Å²) in [7, 11) is 0. The Hall–Kier alpha value is -4.06. The number of ether oxygens (including phenoxy) is 1. The molecule has 0 spiro atoms. The Labute approximate surface area is 185 Å². The molecule has 6 nitrogen and oxygen atoms in total. The molecule has 5 rings (SSSR count). The number of rotatable bonds is 6. The molecule has 2 amide bonds. The normalized spacial score (nSPS) is 14.0. The lowest BCUT2D eigenvalue weighted by Crippen LogP contribution is -2.41. The van der Waals surface area contributed by atoms with Crippen molar-refractivity contribution in [1.82, 2.24) is 5.32 Å². The second-order valence-corrected chi connectivity index (χ2v) is 7.65. The third kappa shape index (κ3) is 3.95. The van der Waals surface area contributed by atoms with Gasteiger partial charge in [-0.3, -0.25) is 9.59 Å². The van der Waals surface area contributed by atoms with Crippen LogP contribution in [0.4, 0.5) is 5.69 Å². The van der Waals surface area contributed by atoms with Crippen LogP contribution < -0.4 is 15.0 Å². The molecule has 0 aliphatic carbocycles. The smallest absolute Gasteiger partial charge is 0.265 e. The molecule has 32 heavy (non-hydrogen) atoms. The highest BCUT2D eigenvalue weighted by Crippen LogP contribution is 2.32. The fraction of sp³-hybridized carbons (Fsp3) is 0.154. The number of anilines is 1. The number of para-hydroxylation sites is 3. The summed E-state index contributed by atoms with van der Waals surface area (Å²) >= 11 is 0. The van der Waals surface area contributed by atoms with Crippen molar-refractivity contribution in [3.63, 3.8) is 0 Å². The van der Waals surface area contributed by atoms with Crippen LogP contribution in [0.1, 0.15) is 23.8 Å². The third-order valence-corrected chi connectivity index (χ3v) is 5.54. The van der Waals surface area contributed by atoms with Crippen molar-refractivity contribution in [2.45, 2.75) is 12.5 Å². The van der Waals surface area contributed by atoms with Crippen molar-refractivity contribution in [3.8, 4) is 5.75 Å². The van der Waals surface area contributed by atoms with Gasteiger partial charge in [0.2, 0.25) is 5.91 Å². The molecule has 0 saturated carbocycles. The Morgan fingerprint density at radius 3 is 2.56 bits per heavy atom. The number of furan rings is 1. The Bertz CT molecular complexity index is 1230. The van der Waals surface area contributed by atoms with E-state index in [1.165, 1.54) is 0 Å². The second-order valence-electron chi connectivity index (χ2n) is 7.65. The molecule has 4 aromatic rings. The quantitative estimate of drug-likeness (QED) is 0.494. The van der Waals surface area contributed by atoms with Gasteiger partial charge in [-0.25, -0.2) is 0 Å². The number of benzene rings is 3. The van der Waals surface area contributed by atoms with E-state index in [-0.39, 0.29) is 31.4 Å². The second kappa shape index (κ2) is 8.59. The molecular formula is C26H22N2O4. The lowest BCUT2D eigenvalue weighted by Gasteiger charge is -2.29. The van der Waals surface area contributed by atoms with Crippen LogP contribution in [0.2, 0.25) is 0 Å². The largest absolute Gasteiger partial charge is 0.482 e. The molecule has 0 saturated heterocycles. The Morgan fingerprint density at radius 2 is 1.72 bits per heavy atom. The minimum Gasteiger partial charge on any atom is -0.482 e. The molecule has 2 heterocycles. The molecule has 160 valence electrons. The fourth-order valence-corrected chi connectivity index (χ4v) is 3.95. The number of carbonyl (C=O) groups is 2. The molecule has 1 N–H and O–H groups in total. The predicted octanol–water partition coefficient (Wildman–Crippen LogP) is 4.45. The molecular weight excluding hydrogens is 404 g/mol. The predicted molar refractivity (Wildman–Crippen MR) is 122 cm³/mol. The van der Waals surface area contributed by atoms with E-state index in [4.69, 9.17) is 9.15 Å². The summed E-state index contributed by atoms with van der Waals surface area (Å²) < 4.78 is 11.5. The van der Waals surface area contributed by atoms with Gasteiger partial charge >= 0.3 is 0 Å². The van der Waals surface area contributed by atoms with Gasteiger partial charge < -0.3 is 19.4 Å². The molecule has 0 bridgehead atoms. The number of fused-ring (bicyclic) bond motifs is 2. The van der Waals surface area contributed by atoms with Gasteiger partial charge in [0.05, 0.1) is 5.69 Å². The standard InChI is InChI=1S/C26H22N2O4/c29-24(14-15-28-20-11-5-7-13-22(20)31-17-25(28)30)27-26(18-8-2-1-3-9-18)23-16-19-10-4-6-12-21(19)32-23/h1-13,16,26H,14-15,17H2,(H,27,29)/t26-/m0/s1. The highest BCUT2D eigenvalue weighted by atomic mass is 16.5. The van der Waals surface area contributed by atoms with E-state index in [9.17, 15) is 9.59 Å². The molecule has 1 atom stereocenters. The average molecular weight is 426 g/mol. The highest BCUT2D eigenvalue weighted by molar-refractivity contribution is 5.98. The number of hydrogen-bond acceptors (Lipinski definition) is 4. The summed E-state index contributed by atoms with van der Waals surface area (Å²) in [6, 6.07) is 26.4. The van der Waals surface area contributed by atoms with Gasteiger partial charge in [-0.1, -0.05) is 60.7 Å². The van der Waals surface area contributed by atoms with Gasteiger partial charge in [0.25, 0.3) is 5.91 Å². The van der Waals surface area contributed by atoms with E-state index in [2.05, 4.69) is 5.32 Å². The zero-order valence-corrected chi connectivity index (χ0v) is 17.4. The highest BCUT2D eigenvalue weighted by Gasteiger charge is 2.26. The van der Waals surface area contributed by atoms with E-state index in [0.717, 1.165) is 16.5 Å². The topological polar surface area (TPSA) is 71.8 Å². The summed E-state index contributed by atoms with van der Waals surface area (Å²) in [5, 5.41) is 4.07. The first-order chi connectivity index (χ1) is 15.7. The van der Waals surface area contributed by atoms with Crippen LogP contribution in [0.3, 0.4) is 0 Å². The number of nitrogens with zero attached hydrogens (tertiary/aromatic N) is 1. The summed E-state index contributed by atoms with van der Waals surface area (Å²) in [6.07, 6.45) is 0.156. The lowest BCUT2D eigenvalue weighted by atomic mass is 10.0. The van der Waals surface area contributed by atoms with Crippen LogP contribution in [-0.2, 0) is 9.59 Å². The van der Waals surface area contributed by atoms with E-state index in [1.54, 1.807) is 4.90 Å². The van der Waals surface area contributed by atoms with Crippen LogP contribution in [0.15, 0.2) is 89.3 Å². The van der Waals surface area contributed by atoms with E-state index in [1.807, 2.05) is 84.9 Å². The van der Waals surface area contributed by atoms with E-state index >= 15 is 0 Å². The Morgan fingerprint density at radius 1 is 0.969 bits per heavy atom. The van der Waals surface area contributed by atoms with Gasteiger partial charge in [-0.2, -0.15) is 0 Å². The number of hydrogen-bond donors (Lipinski definition) is 1. The zero-order chi connectivity index (χ0) is 21.9. The van der Waals surface area contributed by atoms with Crippen molar-refractivity contribution in [1.29, 1.82) is 0 Å². The molecule has 1 aromatic heterocycles. The minimum absolute atomic E-state index is 0.0236. The minimum atomic E-state index is -0.427. The first kappa shape index (κ1) is 19.9. The van der Waals surface area contributed by atoms with Crippen LogP contribution in [-0.4, -0.2) is 25.0 Å². The first-order valence-corrected chi connectivity index (χ1v) is 10.5. The number of amides is 2. The summed E-state index contributed by atoms with van der Waals surface area (Å²) in [5.41, 5.74) is 2.38. The van der Waals surface area contributed by atoms with Gasteiger partial charge in [0, 0.05) is 18.4 Å².